The molecule has 0 aromatic heterocycles. The number of rotatable bonds is 5. The summed E-state index contributed by atoms with van der Waals surface area (Å²) >= 11 is 0. The van der Waals surface area contributed by atoms with Gasteiger partial charge in [0.1, 0.15) is 0 Å². The van der Waals surface area contributed by atoms with Crippen LogP contribution in [0.3, 0.4) is 0 Å². The van der Waals surface area contributed by atoms with Gasteiger partial charge in [0, 0.05) is 0 Å². The minimum Gasteiger partial charge on any atom is -0.293 e. The van der Waals surface area contributed by atoms with Crippen molar-refractivity contribution in [2.75, 3.05) is 6.61 Å². The predicted octanol–water partition coefficient (Wildman–Crippen LogP) is 3.85. The van der Waals surface area contributed by atoms with Gasteiger partial charge in [-0.3, -0.25) is 4.89 Å². The SMILES string of the molecule is CCCOOC(=O)c1ccccc1-c1ccccc1. The van der Waals surface area contributed by atoms with Crippen LogP contribution in [-0.2, 0) is 9.78 Å². The molecule has 19 heavy (non-hydrogen) atoms. The summed E-state index contributed by atoms with van der Waals surface area (Å²) in [6.07, 6.45) is 0.799. The van der Waals surface area contributed by atoms with Gasteiger partial charge in [-0.15, -0.1) is 0 Å². The van der Waals surface area contributed by atoms with Crippen LogP contribution in [0.15, 0.2) is 54.6 Å². The van der Waals surface area contributed by atoms with Gasteiger partial charge in [0.2, 0.25) is 0 Å². The number of hydrogen-bond acceptors (Lipinski definition) is 3. The van der Waals surface area contributed by atoms with Crippen molar-refractivity contribution in [2.45, 2.75) is 13.3 Å². The van der Waals surface area contributed by atoms with Crippen molar-refractivity contribution in [1.82, 2.24) is 0 Å². The lowest BCUT2D eigenvalue weighted by molar-refractivity contribution is -0.240. The van der Waals surface area contributed by atoms with Crippen LogP contribution in [0.25, 0.3) is 11.1 Å². The molecule has 3 nitrogen and oxygen atoms in total. The quantitative estimate of drug-likeness (QED) is 0.463. The molecule has 2 aromatic carbocycles. The Bertz CT molecular complexity index is 535. The third-order valence-electron chi connectivity index (χ3n) is 2.65. The van der Waals surface area contributed by atoms with E-state index in [1.165, 1.54) is 0 Å². The minimum atomic E-state index is -0.465. The van der Waals surface area contributed by atoms with Crippen molar-refractivity contribution in [2.24, 2.45) is 0 Å². The Morgan fingerprint density at radius 1 is 1.00 bits per heavy atom. The van der Waals surface area contributed by atoms with Crippen molar-refractivity contribution in [3.63, 3.8) is 0 Å². The molecule has 98 valence electrons. The van der Waals surface area contributed by atoms with Crippen molar-refractivity contribution in [3.8, 4) is 11.1 Å². The number of carbonyl (C=O) groups is 1. The molecule has 0 spiro atoms. The highest BCUT2D eigenvalue weighted by Gasteiger charge is 2.14. The lowest BCUT2D eigenvalue weighted by atomic mass is 10.00. The molecule has 0 bridgehead atoms. The summed E-state index contributed by atoms with van der Waals surface area (Å²) in [5.74, 6) is -0.465. The summed E-state index contributed by atoms with van der Waals surface area (Å²) < 4.78 is 0. The van der Waals surface area contributed by atoms with Gasteiger partial charge in [0.05, 0.1) is 12.2 Å². The summed E-state index contributed by atoms with van der Waals surface area (Å²) in [6.45, 7) is 2.35. The largest absolute Gasteiger partial charge is 0.373 e. The van der Waals surface area contributed by atoms with Crippen LogP contribution >= 0.6 is 0 Å². The summed E-state index contributed by atoms with van der Waals surface area (Å²) in [7, 11) is 0. The molecule has 0 saturated heterocycles. The van der Waals surface area contributed by atoms with Crippen LogP contribution in [0.1, 0.15) is 23.7 Å². The molecule has 0 fully saturated rings. The Morgan fingerprint density at radius 2 is 1.68 bits per heavy atom. The molecule has 0 aliphatic rings. The minimum absolute atomic E-state index is 0.402. The maximum atomic E-state index is 12.0. The van der Waals surface area contributed by atoms with E-state index in [2.05, 4.69) is 0 Å². The first kappa shape index (κ1) is 13.3. The fourth-order valence-electron chi connectivity index (χ4n) is 1.75. The zero-order valence-electron chi connectivity index (χ0n) is 10.8. The van der Waals surface area contributed by atoms with E-state index in [0.29, 0.717) is 12.2 Å². The van der Waals surface area contributed by atoms with Gasteiger partial charge in [-0.1, -0.05) is 55.5 Å². The normalized spacial score (nSPS) is 10.2. The maximum Gasteiger partial charge on any atom is 0.373 e. The molecule has 3 heteroatoms. The highest BCUT2D eigenvalue weighted by atomic mass is 17.2. The summed E-state index contributed by atoms with van der Waals surface area (Å²) in [6, 6.07) is 17.1. The molecule has 0 radical (unpaired) electrons. The van der Waals surface area contributed by atoms with Gasteiger partial charge >= 0.3 is 5.97 Å². The average molecular weight is 256 g/mol. The van der Waals surface area contributed by atoms with E-state index < -0.39 is 5.97 Å². The van der Waals surface area contributed by atoms with E-state index in [-0.39, 0.29) is 0 Å². The molecule has 0 aliphatic heterocycles. The predicted molar refractivity (Wildman–Crippen MR) is 73.5 cm³/mol. The smallest absolute Gasteiger partial charge is 0.293 e. The highest BCUT2D eigenvalue weighted by Crippen LogP contribution is 2.23. The highest BCUT2D eigenvalue weighted by molar-refractivity contribution is 5.96. The molecule has 0 N–H and O–H groups in total. The molecule has 2 rings (SSSR count). The molecule has 2 aromatic rings. The number of benzene rings is 2. The first-order chi connectivity index (χ1) is 9.33. The summed E-state index contributed by atoms with van der Waals surface area (Å²) in [5, 5.41) is 0. The summed E-state index contributed by atoms with van der Waals surface area (Å²) in [5.41, 5.74) is 2.32. The number of hydrogen-bond donors (Lipinski definition) is 0. The van der Waals surface area contributed by atoms with Gasteiger partial charge in [-0.05, 0) is 23.6 Å². The Hall–Kier alpha value is -2.13. The Kier molecular flexibility index (Phi) is 4.70. The Balaban J connectivity index is 2.24. The Morgan fingerprint density at radius 3 is 2.42 bits per heavy atom. The van der Waals surface area contributed by atoms with Crippen LogP contribution in [0.4, 0.5) is 0 Å². The fourth-order valence-corrected chi connectivity index (χ4v) is 1.75. The standard InChI is InChI=1S/C16H16O3/c1-2-12-18-19-16(17)15-11-7-6-10-14(15)13-8-4-3-5-9-13/h3-11H,2,12H2,1H3. The van der Waals surface area contributed by atoms with Crippen LogP contribution in [-0.4, -0.2) is 12.6 Å². The average Bonchev–Trinajstić information content (AvgIpc) is 2.48. The zero-order valence-corrected chi connectivity index (χ0v) is 10.8. The number of carbonyl (C=O) groups excluding carboxylic acids is 1. The lowest BCUT2D eigenvalue weighted by Crippen LogP contribution is -2.08. The third kappa shape index (κ3) is 3.42. The van der Waals surface area contributed by atoms with Crippen molar-refractivity contribution in [1.29, 1.82) is 0 Å². The fraction of sp³-hybridized carbons (Fsp3) is 0.188. The third-order valence-corrected chi connectivity index (χ3v) is 2.65. The van der Waals surface area contributed by atoms with Gasteiger partial charge in [0.25, 0.3) is 0 Å². The second-order valence-electron chi connectivity index (χ2n) is 4.10. The van der Waals surface area contributed by atoms with Crippen molar-refractivity contribution >= 4 is 5.97 Å². The van der Waals surface area contributed by atoms with Gasteiger partial charge < -0.3 is 0 Å². The molecule has 0 saturated carbocycles. The van der Waals surface area contributed by atoms with Crippen LogP contribution in [0.5, 0.6) is 0 Å². The maximum absolute atomic E-state index is 12.0. The first-order valence-electron chi connectivity index (χ1n) is 6.31. The summed E-state index contributed by atoms with van der Waals surface area (Å²) in [4.78, 5) is 21.6. The second kappa shape index (κ2) is 6.71. The monoisotopic (exact) mass is 256 g/mol. The van der Waals surface area contributed by atoms with E-state index in [9.17, 15) is 4.79 Å². The van der Waals surface area contributed by atoms with Crippen LogP contribution < -0.4 is 0 Å². The molecule has 0 heterocycles. The second-order valence-corrected chi connectivity index (χ2v) is 4.10. The molecule has 0 aliphatic carbocycles. The lowest BCUT2D eigenvalue weighted by Gasteiger charge is -2.08. The van der Waals surface area contributed by atoms with E-state index in [0.717, 1.165) is 17.5 Å². The van der Waals surface area contributed by atoms with Crippen LogP contribution in [0, 0.1) is 0 Å². The van der Waals surface area contributed by atoms with E-state index in [1.54, 1.807) is 6.07 Å². The van der Waals surface area contributed by atoms with Crippen LogP contribution in [0.2, 0.25) is 0 Å². The molecule has 0 unspecified atom stereocenters. The molecular weight excluding hydrogens is 240 g/mol. The zero-order chi connectivity index (χ0) is 13.5. The molecular formula is C16H16O3. The van der Waals surface area contributed by atoms with Gasteiger partial charge in [-0.2, -0.15) is 4.89 Å². The Labute approximate surface area is 112 Å². The van der Waals surface area contributed by atoms with Crippen molar-refractivity contribution < 1.29 is 14.6 Å². The van der Waals surface area contributed by atoms with Gasteiger partial charge in [-0.25, -0.2) is 4.79 Å². The first-order valence-corrected chi connectivity index (χ1v) is 6.31. The van der Waals surface area contributed by atoms with E-state index in [1.807, 2.05) is 55.5 Å². The topological polar surface area (TPSA) is 35.5 Å². The molecule has 0 atom stereocenters. The molecule has 0 amide bonds. The van der Waals surface area contributed by atoms with E-state index >= 15 is 0 Å². The van der Waals surface area contributed by atoms with Gasteiger partial charge in [0.15, 0.2) is 0 Å². The van der Waals surface area contributed by atoms with E-state index in [4.69, 9.17) is 9.78 Å². The van der Waals surface area contributed by atoms with Crippen molar-refractivity contribution in [3.05, 3.63) is 60.2 Å².